The van der Waals surface area contributed by atoms with E-state index in [1.807, 2.05) is 13.8 Å². The van der Waals surface area contributed by atoms with Gasteiger partial charge in [0.1, 0.15) is 0 Å². The molecule has 0 unspecified atom stereocenters. The summed E-state index contributed by atoms with van der Waals surface area (Å²) >= 11 is 0. The average Bonchev–Trinajstić information content (AvgIpc) is 2.51. The highest BCUT2D eigenvalue weighted by Gasteiger charge is 2.18. The van der Waals surface area contributed by atoms with E-state index in [9.17, 15) is 13.6 Å². The Hall–Kier alpha value is -2.50. The Morgan fingerprint density at radius 3 is 2.48 bits per heavy atom. The molecule has 0 aliphatic rings. The van der Waals surface area contributed by atoms with Gasteiger partial charge in [0.05, 0.1) is 11.7 Å². The fraction of sp³-hybridized carbons (Fsp3) is 0.294. The van der Waals surface area contributed by atoms with Gasteiger partial charge in [-0.1, -0.05) is 0 Å². The predicted molar refractivity (Wildman–Crippen MR) is 83.7 cm³/mol. The minimum absolute atomic E-state index is 0.0154. The van der Waals surface area contributed by atoms with Gasteiger partial charge in [-0.3, -0.25) is 4.79 Å². The van der Waals surface area contributed by atoms with Crippen LogP contribution in [0.5, 0.6) is 5.88 Å². The minimum atomic E-state index is -0.993. The number of carbonyl (C=O) groups excluding carboxylic acids is 1. The standard InChI is InChI=1S/C17H18F2N2O2/c1-4-21(13-6-7-14(18)15(19)9-13)17(22)12-5-8-16(20-10-12)23-11(2)3/h5-11H,4H2,1-3H3. The second kappa shape index (κ2) is 7.17. The van der Waals surface area contributed by atoms with E-state index in [0.29, 0.717) is 23.7 Å². The monoisotopic (exact) mass is 320 g/mol. The van der Waals surface area contributed by atoms with Crippen LogP contribution >= 0.6 is 0 Å². The molecule has 0 saturated carbocycles. The van der Waals surface area contributed by atoms with Crippen molar-refractivity contribution < 1.29 is 18.3 Å². The van der Waals surface area contributed by atoms with Crippen LogP contribution in [0.15, 0.2) is 36.5 Å². The van der Waals surface area contributed by atoms with E-state index in [2.05, 4.69) is 4.98 Å². The number of carbonyl (C=O) groups is 1. The first kappa shape index (κ1) is 16.9. The largest absolute Gasteiger partial charge is 0.475 e. The van der Waals surface area contributed by atoms with E-state index >= 15 is 0 Å². The van der Waals surface area contributed by atoms with Gasteiger partial charge in [0.2, 0.25) is 5.88 Å². The number of halogens is 2. The third-order valence-corrected chi connectivity index (χ3v) is 3.12. The number of ether oxygens (including phenoxy) is 1. The number of rotatable bonds is 5. The minimum Gasteiger partial charge on any atom is -0.475 e. The summed E-state index contributed by atoms with van der Waals surface area (Å²) < 4.78 is 31.8. The molecular formula is C17H18F2N2O2. The van der Waals surface area contributed by atoms with Crippen molar-refractivity contribution in [2.24, 2.45) is 0 Å². The smallest absolute Gasteiger partial charge is 0.259 e. The zero-order chi connectivity index (χ0) is 17.0. The van der Waals surface area contributed by atoms with E-state index in [1.54, 1.807) is 19.1 Å². The summed E-state index contributed by atoms with van der Waals surface area (Å²) in [5.41, 5.74) is 0.631. The van der Waals surface area contributed by atoms with Gasteiger partial charge < -0.3 is 9.64 Å². The van der Waals surface area contributed by atoms with Gasteiger partial charge in [-0.2, -0.15) is 0 Å². The molecule has 23 heavy (non-hydrogen) atoms. The molecule has 0 spiro atoms. The van der Waals surface area contributed by atoms with Crippen molar-refractivity contribution in [2.45, 2.75) is 26.9 Å². The maximum atomic E-state index is 13.4. The van der Waals surface area contributed by atoms with Crippen LogP contribution in [0.2, 0.25) is 0 Å². The molecule has 1 heterocycles. The molecule has 4 nitrogen and oxygen atoms in total. The molecule has 1 amide bonds. The second-order valence-corrected chi connectivity index (χ2v) is 5.20. The SMILES string of the molecule is CCN(C(=O)c1ccc(OC(C)C)nc1)c1ccc(F)c(F)c1. The van der Waals surface area contributed by atoms with E-state index in [0.717, 1.165) is 12.1 Å². The molecule has 0 aliphatic carbocycles. The van der Waals surface area contributed by atoms with E-state index in [1.165, 1.54) is 17.2 Å². The van der Waals surface area contributed by atoms with Gasteiger partial charge in [-0.05, 0) is 39.0 Å². The zero-order valence-electron chi connectivity index (χ0n) is 13.2. The van der Waals surface area contributed by atoms with Crippen LogP contribution in [0.1, 0.15) is 31.1 Å². The number of pyridine rings is 1. The summed E-state index contributed by atoms with van der Waals surface area (Å²) in [6.45, 7) is 5.82. The van der Waals surface area contributed by atoms with Crippen molar-refractivity contribution in [3.8, 4) is 5.88 Å². The van der Waals surface area contributed by atoms with Crippen molar-refractivity contribution in [2.75, 3.05) is 11.4 Å². The molecule has 6 heteroatoms. The number of hydrogen-bond donors (Lipinski definition) is 0. The summed E-state index contributed by atoms with van der Waals surface area (Å²) in [4.78, 5) is 18.0. The van der Waals surface area contributed by atoms with Crippen LogP contribution in [0.3, 0.4) is 0 Å². The van der Waals surface area contributed by atoms with Crippen molar-refractivity contribution >= 4 is 11.6 Å². The lowest BCUT2D eigenvalue weighted by molar-refractivity contribution is 0.0988. The summed E-state index contributed by atoms with van der Waals surface area (Å²) in [6.07, 6.45) is 1.39. The summed E-state index contributed by atoms with van der Waals surface area (Å²) in [5.74, 6) is -1.86. The fourth-order valence-electron chi connectivity index (χ4n) is 2.07. The molecule has 0 atom stereocenters. The molecule has 0 aliphatic heterocycles. The van der Waals surface area contributed by atoms with Crippen LogP contribution in [-0.4, -0.2) is 23.5 Å². The highest BCUT2D eigenvalue weighted by molar-refractivity contribution is 6.05. The Labute approximate surface area is 133 Å². The van der Waals surface area contributed by atoms with Gasteiger partial charge >= 0.3 is 0 Å². The maximum absolute atomic E-state index is 13.4. The Morgan fingerprint density at radius 1 is 1.22 bits per heavy atom. The van der Waals surface area contributed by atoms with Crippen LogP contribution in [0.4, 0.5) is 14.5 Å². The molecule has 1 aromatic heterocycles. The summed E-state index contributed by atoms with van der Waals surface area (Å²) in [7, 11) is 0. The topological polar surface area (TPSA) is 42.4 Å². The first-order valence-electron chi connectivity index (χ1n) is 7.32. The van der Waals surface area contributed by atoms with Crippen LogP contribution < -0.4 is 9.64 Å². The van der Waals surface area contributed by atoms with Gasteiger partial charge in [-0.15, -0.1) is 0 Å². The molecule has 0 saturated heterocycles. The highest BCUT2D eigenvalue weighted by Crippen LogP contribution is 2.20. The van der Waals surface area contributed by atoms with Gasteiger partial charge in [0.15, 0.2) is 11.6 Å². The third-order valence-electron chi connectivity index (χ3n) is 3.12. The van der Waals surface area contributed by atoms with Crippen molar-refractivity contribution in [3.63, 3.8) is 0 Å². The summed E-state index contributed by atoms with van der Waals surface area (Å²) in [6, 6.07) is 6.56. The van der Waals surface area contributed by atoms with E-state index in [4.69, 9.17) is 4.74 Å². The number of amides is 1. The molecule has 0 bridgehead atoms. The lowest BCUT2D eigenvalue weighted by atomic mass is 10.2. The van der Waals surface area contributed by atoms with Gasteiger partial charge in [-0.25, -0.2) is 13.8 Å². The van der Waals surface area contributed by atoms with E-state index < -0.39 is 11.6 Å². The zero-order valence-corrected chi connectivity index (χ0v) is 13.2. The number of benzene rings is 1. The molecule has 2 aromatic rings. The molecule has 0 fully saturated rings. The number of nitrogens with zero attached hydrogens (tertiary/aromatic N) is 2. The molecule has 2 rings (SSSR count). The molecule has 1 aromatic carbocycles. The Kier molecular flexibility index (Phi) is 5.26. The molecule has 0 radical (unpaired) electrons. The molecular weight excluding hydrogens is 302 g/mol. The highest BCUT2D eigenvalue weighted by atomic mass is 19.2. The van der Waals surface area contributed by atoms with Gasteiger partial charge in [0, 0.05) is 30.6 Å². The van der Waals surface area contributed by atoms with Crippen LogP contribution in [-0.2, 0) is 0 Å². The van der Waals surface area contributed by atoms with Gasteiger partial charge in [0.25, 0.3) is 5.91 Å². The quantitative estimate of drug-likeness (QED) is 0.841. The first-order chi connectivity index (χ1) is 10.9. The third kappa shape index (κ3) is 4.03. The van der Waals surface area contributed by atoms with Crippen molar-refractivity contribution in [3.05, 3.63) is 53.7 Å². The molecule has 0 N–H and O–H groups in total. The second-order valence-electron chi connectivity index (χ2n) is 5.20. The Balaban J connectivity index is 2.23. The number of anilines is 1. The van der Waals surface area contributed by atoms with Crippen LogP contribution in [0.25, 0.3) is 0 Å². The maximum Gasteiger partial charge on any atom is 0.259 e. The predicted octanol–water partition coefficient (Wildman–Crippen LogP) is 3.81. The lowest BCUT2D eigenvalue weighted by Crippen LogP contribution is -2.30. The number of hydrogen-bond acceptors (Lipinski definition) is 3. The average molecular weight is 320 g/mol. The molecule has 122 valence electrons. The fourth-order valence-corrected chi connectivity index (χ4v) is 2.07. The Morgan fingerprint density at radius 2 is 1.96 bits per heavy atom. The van der Waals surface area contributed by atoms with Crippen LogP contribution in [0, 0.1) is 11.6 Å². The first-order valence-corrected chi connectivity index (χ1v) is 7.32. The normalized spacial score (nSPS) is 10.7. The van der Waals surface area contributed by atoms with E-state index in [-0.39, 0.29) is 12.0 Å². The summed E-state index contributed by atoms with van der Waals surface area (Å²) in [5, 5.41) is 0. The van der Waals surface area contributed by atoms with Crippen molar-refractivity contribution in [1.82, 2.24) is 4.98 Å². The Bertz CT molecular complexity index is 687. The lowest BCUT2D eigenvalue weighted by Gasteiger charge is -2.21. The van der Waals surface area contributed by atoms with Crippen molar-refractivity contribution in [1.29, 1.82) is 0 Å². The number of aromatic nitrogens is 1.